The van der Waals surface area contributed by atoms with Gasteiger partial charge in [0.25, 0.3) is 0 Å². The van der Waals surface area contributed by atoms with Crippen molar-refractivity contribution in [3.05, 3.63) is 18.1 Å². The van der Waals surface area contributed by atoms with Crippen molar-refractivity contribution in [1.29, 1.82) is 0 Å². The summed E-state index contributed by atoms with van der Waals surface area (Å²) >= 11 is 5.31. The predicted octanol–water partition coefficient (Wildman–Crippen LogP) is 0.340. The predicted molar refractivity (Wildman–Crippen MR) is 51.2 cm³/mol. The lowest BCUT2D eigenvalue weighted by Crippen LogP contribution is -2.24. The van der Waals surface area contributed by atoms with Gasteiger partial charge in [-0.15, -0.1) is 11.6 Å². The molecule has 0 radical (unpaired) electrons. The topological polar surface area (TPSA) is 64.1 Å². The van der Waals surface area contributed by atoms with Crippen LogP contribution in [0.3, 0.4) is 0 Å². The molecular formula is C8H10ClN3O2. The molecule has 1 aromatic rings. The lowest BCUT2D eigenvalue weighted by Gasteiger charge is -2.05. The Balaban J connectivity index is 2.61. The molecule has 0 saturated heterocycles. The second-order valence-electron chi connectivity index (χ2n) is 2.42. The number of methoxy groups -OCH3 is 1. The minimum Gasteiger partial charge on any atom is -0.480 e. The summed E-state index contributed by atoms with van der Waals surface area (Å²) in [4.78, 5) is 18.8. The molecule has 1 aromatic heterocycles. The van der Waals surface area contributed by atoms with E-state index in [2.05, 4.69) is 15.3 Å². The zero-order valence-corrected chi connectivity index (χ0v) is 8.41. The fraction of sp³-hybridized carbons (Fsp3) is 0.375. The number of aromatic nitrogens is 2. The van der Waals surface area contributed by atoms with E-state index in [4.69, 9.17) is 16.3 Å². The number of nitrogens with one attached hydrogen (secondary N) is 1. The Labute approximate surface area is 86.5 Å². The molecule has 76 valence electrons. The Morgan fingerprint density at radius 1 is 1.57 bits per heavy atom. The third-order valence-corrected chi connectivity index (χ3v) is 1.75. The molecule has 0 atom stereocenters. The van der Waals surface area contributed by atoms with Crippen molar-refractivity contribution in [3.8, 4) is 5.88 Å². The quantitative estimate of drug-likeness (QED) is 0.736. The summed E-state index contributed by atoms with van der Waals surface area (Å²) in [5, 5.41) is 2.57. The number of hydrogen-bond donors (Lipinski definition) is 1. The SMILES string of the molecule is COc1nccnc1CNC(=O)CCl. The first-order valence-electron chi connectivity index (χ1n) is 3.94. The maximum absolute atomic E-state index is 10.9. The number of alkyl halides is 1. The maximum atomic E-state index is 10.9. The van der Waals surface area contributed by atoms with Crippen LogP contribution in [0.5, 0.6) is 5.88 Å². The summed E-state index contributed by atoms with van der Waals surface area (Å²) in [6.45, 7) is 0.266. The van der Waals surface area contributed by atoms with E-state index >= 15 is 0 Å². The maximum Gasteiger partial charge on any atom is 0.237 e. The smallest absolute Gasteiger partial charge is 0.237 e. The number of halogens is 1. The molecule has 0 bridgehead atoms. The van der Waals surface area contributed by atoms with E-state index in [1.54, 1.807) is 0 Å². The normalized spacial score (nSPS) is 9.57. The van der Waals surface area contributed by atoms with E-state index in [0.717, 1.165) is 0 Å². The fourth-order valence-corrected chi connectivity index (χ4v) is 0.970. The van der Waals surface area contributed by atoms with E-state index in [1.165, 1.54) is 19.5 Å². The van der Waals surface area contributed by atoms with Crippen LogP contribution in [0, 0.1) is 0 Å². The Bertz CT molecular complexity index is 319. The summed E-state index contributed by atoms with van der Waals surface area (Å²) in [6.07, 6.45) is 3.05. The van der Waals surface area contributed by atoms with Gasteiger partial charge in [-0.2, -0.15) is 0 Å². The molecule has 6 heteroatoms. The van der Waals surface area contributed by atoms with Gasteiger partial charge in [-0.3, -0.25) is 9.78 Å². The van der Waals surface area contributed by atoms with Crippen LogP contribution in [0.1, 0.15) is 5.69 Å². The number of hydrogen-bond acceptors (Lipinski definition) is 4. The number of carbonyl (C=O) groups is 1. The highest BCUT2D eigenvalue weighted by Crippen LogP contribution is 2.09. The molecule has 1 heterocycles. The first-order valence-corrected chi connectivity index (χ1v) is 4.48. The molecule has 0 aliphatic rings. The van der Waals surface area contributed by atoms with Gasteiger partial charge >= 0.3 is 0 Å². The third-order valence-electron chi connectivity index (χ3n) is 1.50. The molecule has 1 amide bonds. The molecule has 0 saturated carbocycles. The molecule has 1 N–H and O–H groups in total. The van der Waals surface area contributed by atoms with E-state index < -0.39 is 0 Å². The second kappa shape index (κ2) is 5.39. The number of nitrogens with zero attached hydrogens (tertiary/aromatic N) is 2. The zero-order valence-electron chi connectivity index (χ0n) is 7.66. The lowest BCUT2D eigenvalue weighted by molar-refractivity contribution is -0.118. The molecule has 14 heavy (non-hydrogen) atoms. The molecule has 5 nitrogen and oxygen atoms in total. The Kier molecular flexibility index (Phi) is 4.12. The average Bonchev–Trinajstić information content (AvgIpc) is 2.26. The minimum atomic E-state index is -0.251. The Morgan fingerprint density at radius 2 is 2.29 bits per heavy atom. The van der Waals surface area contributed by atoms with Gasteiger partial charge in [0.2, 0.25) is 11.8 Å². The second-order valence-corrected chi connectivity index (χ2v) is 2.69. The summed E-state index contributed by atoms with van der Waals surface area (Å²) in [5.74, 6) is 0.0875. The van der Waals surface area contributed by atoms with Crippen LogP contribution < -0.4 is 10.1 Å². The van der Waals surface area contributed by atoms with Crippen molar-refractivity contribution in [2.75, 3.05) is 13.0 Å². The van der Waals surface area contributed by atoms with Crippen LogP contribution >= 0.6 is 11.6 Å². The van der Waals surface area contributed by atoms with Crippen LogP contribution in [-0.2, 0) is 11.3 Å². The third kappa shape index (κ3) is 2.85. The molecule has 0 aliphatic carbocycles. The van der Waals surface area contributed by atoms with Crippen LogP contribution in [0.4, 0.5) is 0 Å². The highest BCUT2D eigenvalue weighted by molar-refractivity contribution is 6.27. The number of carbonyl (C=O) groups excluding carboxylic acids is 1. The van der Waals surface area contributed by atoms with Gasteiger partial charge in [-0.1, -0.05) is 0 Å². The summed E-state index contributed by atoms with van der Waals surface area (Å²) in [6, 6.07) is 0. The minimum absolute atomic E-state index is 0.0669. The van der Waals surface area contributed by atoms with E-state index in [-0.39, 0.29) is 18.3 Å². The van der Waals surface area contributed by atoms with Crippen LogP contribution in [0.25, 0.3) is 0 Å². The number of amides is 1. The summed E-state index contributed by atoms with van der Waals surface area (Å²) in [5.41, 5.74) is 0.577. The Morgan fingerprint density at radius 3 is 2.93 bits per heavy atom. The molecule has 0 fully saturated rings. The van der Waals surface area contributed by atoms with Gasteiger partial charge in [0.05, 0.1) is 13.7 Å². The molecule has 0 aliphatic heterocycles. The molecule has 0 unspecified atom stereocenters. The standard InChI is InChI=1S/C8H10ClN3O2/c1-14-8-6(10-2-3-11-8)5-12-7(13)4-9/h2-3H,4-5H2,1H3,(H,12,13). The summed E-state index contributed by atoms with van der Waals surface area (Å²) < 4.78 is 4.95. The van der Waals surface area contributed by atoms with Crippen molar-refractivity contribution in [1.82, 2.24) is 15.3 Å². The lowest BCUT2D eigenvalue weighted by atomic mass is 10.4. The largest absolute Gasteiger partial charge is 0.480 e. The first kappa shape index (κ1) is 10.7. The molecular weight excluding hydrogens is 206 g/mol. The highest BCUT2D eigenvalue weighted by atomic mass is 35.5. The number of rotatable bonds is 4. The van der Waals surface area contributed by atoms with Gasteiger partial charge in [0.15, 0.2) is 0 Å². The Hall–Kier alpha value is -1.36. The van der Waals surface area contributed by atoms with Gasteiger partial charge in [-0.05, 0) is 0 Å². The first-order chi connectivity index (χ1) is 6.77. The van der Waals surface area contributed by atoms with Crippen LogP contribution in [0.15, 0.2) is 12.4 Å². The van der Waals surface area contributed by atoms with Gasteiger partial charge in [0, 0.05) is 12.4 Å². The van der Waals surface area contributed by atoms with E-state index in [9.17, 15) is 4.79 Å². The van der Waals surface area contributed by atoms with Gasteiger partial charge in [-0.25, -0.2) is 4.98 Å². The highest BCUT2D eigenvalue weighted by Gasteiger charge is 2.06. The molecule has 0 aromatic carbocycles. The van der Waals surface area contributed by atoms with Crippen LogP contribution in [0.2, 0.25) is 0 Å². The van der Waals surface area contributed by atoms with Crippen molar-refractivity contribution in [2.24, 2.45) is 0 Å². The van der Waals surface area contributed by atoms with Gasteiger partial charge < -0.3 is 10.1 Å². The van der Waals surface area contributed by atoms with Crippen molar-refractivity contribution in [2.45, 2.75) is 6.54 Å². The van der Waals surface area contributed by atoms with Crippen molar-refractivity contribution >= 4 is 17.5 Å². The fourth-order valence-electron chi connectivity index (χ4n) is 0.875. The van der Waals surface area contributed by atoms with Crippen molar-refractivity contribution < 1.29 is 9.53 Å². The monoisotopic (exact) mass is 215 g/mol. The van der Waals surface area contributed by atoms with E-state index in [0.29, 0.717) is 11.6 Å². The van der Waals surface area contributed by atoms with Crippen molar-refractivity contribution in [3.63, 3.8) is 0 Å². The molecule has 0 spiro atoms. The zero-order chi connectivity index (χ0) is 10.4. The van der Waals surface area contributed by atoms with E-state index in [1.807, 2.05) is 0 Å². The van der Waals surface area contributed by atoms with Crippen LogP contribution in [-0.4, -0.2) is 28.9 Å². The van der Waals surface area contributed by atoms with Gasteiger partial charge in [0.1, 0.15) is 11.6 Å². The number of ether oxygens (including phenoxy) is 1. The summed E-state index contributed by atoms with van der Waals surface area (Å²) in [7, 11) is 1.50. The average molecular weight is 216 g/mol. The molecule has 1 rings (SSSR count).